The van der Waals surface area contributed by atoms with E-state index in [1.807, 2.05) is 42.5 Å². The van der Waals surface area contributed by atoms with Crippen LogP contribution in [-0.4, -0.2) is 9.96 Å². The molecule has 2 rings (SSSR count). The summed E-state index contributed by atoms with van der Waals surface area (Å²) in [6.07, 6.45) is 1.70. The predicted molar refractivity (Wildman–Crippen MR) is 84.9 cm³/mol. The van der Waals surface area contributed by atoms with E-state index in [9.17, 15) is 4.21 Å². The Bertz CT molecular complexity index is 581. The Morgan fingerprint density at radius 3 is 2.45 bits per heavy atom. The minimum Gasteiger partial charge on any atom is -0.309 e. The fourth-order valence-electron chi connectivity index (χ4n) is 2.01. The maximum atomic E-state index is 12.1. The molecule has 2 aromatic carbocycles. The third kappa shape index (κ3) is 4.15. The molecule has 0 aliphatic heterocycles. The van der Waals surface area contributed by atoms with E-state index in [-0.39, 0.29) is 0 Å². The van der Waals surface area contributed by atoms with Crippen LogP contribution in [0.5, 0.6) is 0 Å². The molecule has 2 aromatic rings. The zero-order valence-corrected chi connectivity index (χ0v) is 12.2. The van der Waals surface area contributed by atoms with Crippen molar-refractivity contribution in [2.75, 3.05) is 5.75 Å². The van der Waals surface area contributed by atoms with Crippen LogP contribution in [0.4, 0.5) is 0 Å². The van der Waals surface area contributed by atoms with Gasteiger partial charge in [-0.05, 0) is 17.2 Å². The van der Waals surface area contributed by atoms with E-state index in [4.69, 9.17) is 0 Å². The average molecular weight is 285 g/mol. The topological polar surface area (TPSA) is 29.1 Å². The van der Waals surface area contributed by atoms with Crippen molar-refractivity contribution in [1.29, 1.82) is 0 Å². The summed E-state index contributed by atoms with van der Waals surface area (Å²) in [5, 5.41) is 3.40. The first-order valence-corrected chi connectivity index (χ1v) is 7.95. The van der Waals surface area contributed by atoms with Gasteiger partial charge in [-0.15, -0.1) is 6.58 Å². The van der Waals surface area contributed by atoms with Gasteiger partial charge >= 0.3 is 0 Å². The zero-order valence-electron chi connectivity index (χ0n) is 11.4. The number of benzene rings is 2. The van der Waals surface area contributed by atoms with Crippen molar-refractivity contribution >= 4 is 10.8 Å². The molecular formula is C17H19NOS. The Balaban J connectivity index is 1.99. The van der Waals surface area contributed by atoms with E-state index in [0.717, 1.165) is 17.0 Å². The largest absolute Gasteiger partial charge is 0.309 e. The van der Waals surface area contributed by atoms with Gasteiger partial charge in [0.15, 0.2) is 0 Å². The van der Waals surface area contributed by atoms with Gasteiger partial charge in [0.1, 0.15) is 0 Å². The molecule has 0 aromatic heterocycles. The molecule has 2 nitrogen and oxygen atoms in total. The Morgan fingerprint density at radius 2 is 1.70 bits per heavy atom. The maximum Gasteiger partial charge on any atom is 0.0571 e. The summed E-state index contributed by atoms with van der Waals surface area (Å²) >= 11 is 0. The van der Waals surface area contributed by atoms with Gasteiger partial charge in [-0.25, -0.2) is 0 Å². The van der Waals surface area contributed by atoms with Crippen LogP contribution in [0.2, 0.25) is 0 Å². The summed E-state index contributed by atoms with van der Waals surface area (Å²) in [5.41, 5.74) is 2.33. The van der Waals surface area contributed by atoms with Crippen molar-refractivity contribution in [3.63, 3.8) is 0 Å². The monoisotopic (exact) mass is 285 g/mol. The molecule has 1 N–H and O–H groups in total. The molecule has 0 aliphatic carbocycles. The molecule has 0 heterocycles. The van der Waals surface area contributed by atoms with Gasteiger partial charge in [0.25, 0.3) is 0 Å². The molecule has 0 bridgehead atoms. The minimum absolute atomic E-state index is 0.496. The van der Waals surface area contributed by atoms with Gasteiger partial charge in [-0.1, -0.05) is 54.6 Å². The van der Waals surface area contributed by atoms with Gasteiger partial charge < -0.3 is 5.32 Å². The smallest absolute Gasteiger partial charge is 0.0571 e. The lowest BCUT2D eigenvalue weighted by molar-refractivity contribution is 0.672. The highest BCUT2D eigenvalue weighted by Gasteiger charge is 2.07. The Kier molecular flexibility index (Phi) is 5.71. The summed E-state index contributed by atoms with van der Waals surface area (Å²) in [4.78, 5) is 0.896. The fourth-order valence-corrected chi connectivity index (χ4v) is 3.06. The van der Waals surface area contributed by atoms with E-state index in [0.29, 0.717) is 12.3 Å². The van der Waals surface area contributed by atoms with Crippen molar-refractivity contribution in [3.8, 4) is 0 Å². The molecule has 0 spiro atoms. The lowest BCUT2D eigenvalue weighted by atomic mass is 10.2. The van der Waals surface area contributed by atoms with Crippen LogP contribution in [0.3, 0.4) is 0 Å². The van der Waals surface area contributed by atoms with Crippen LogP contribution in [0, 0.1) is 0 Å². The van der Waals surface area contributed by atoms with Gasteiger partial charge in [-0.2, -0.15) is 0 Å². The molecule has 104 valence electrons. The average Bonchev–Trinajstić information content (AvgIpc) is 2.49. The Hall–Kier alpha value is -1.71. The number of hydrogen-bond donors (Lipinski definition) is 1. The Labute approximate surface area is 123 Å². The summed E-state index contributed by atoms with van der Waals surface area (Å²) in [6.45, 7) is 5.17. The molecule has 3 heteroatoms. The van der Waals surface area contributed by atoms with E-state index in [1.165, 1.54) is 5.56 Å². The highest BCUT2D eigenvalue weighted by Crippen LogP contribution is 2.14. The fraction of sp³-hybridized carbons (Fsp3) is 0.176. The SMILES string of the molecule is C=CCS(=O)c1ccccc1CNCc1ccccc1. The molecule has 0 radical (unpaired) electrons. The molecule has 0 saturated heterocycles. The van der Waals surface area contributed by atoms with E-state index >= 15 is 0 Å². The van der Waals surface area contributed by atoms with Crippen molar-refractivity contribution < 1.29 is 4.21 Å². The first-order valence-electron chi connectivity index (χ1n) is 6.63. The zero-order chi connectivity index (χ0) is 14.2. The second-order valence-electron chi connectivity index (χ2n) is 4.50. The third-order valence-electron chi connectivity index (χ3n) is 2.97. The summed E-state index contributed by atoms with van der Waals surface area (Å²) in [6, 6.07) is 18.1. The van der Waals surface area contributed by atoms with Crippen LogP contribution in [0.25, 0.3) is 0 Å². The molecule has 0 fully saturated rings. The summed E-state index contributed by atoms with van der Waals surface area (Å²) < 4.78 is 12.1. The lowest BCUT2D eigenvalue weighted by Crippen LogP contribution is -2.14. The van der Waals surface area contributed by atoms with Crippen LogP contribution >= 0.6 is 0 Å². The molecular weight excluding hydrogens is 266 g/mol. The molecule has 1 unspecified atom stereocenters. The molecule has 0 amide bonds. The second kappa shape index (κ2) is 7.78. The first kappa shape index (κ1) is 14.7. The summed E-state index contributed by atoms with van der Waals surface area (Å²) in [7, 11) is -1.00. The highest BCUT2D eigenvalue weighted by atomic mass is 32.2. The summed E-state index contributed by atoms with van der Waals surface area (Å²) in [5.74, 6) is 0.496. The van der Waals surface area contributed by atoms with Crippen molar-refractivity contribution in [3.05, 3.63) is 78.4 Å². The standard InChI is InChI=1S/C17H19NOS/c1-2-12-20(19)17-11-7-6-10-16(17)14-18-13-15-8-4-3-5-9-15/h2-11,18H,1,12-14H2. The van der Waals surface area contributed by atoms with Crippen molar-refractivity contribution in [1.82, 2.24) is 5.32 Å². The van der Waals surface area contributed by atoms with Crippen LogP contribution in [0.15, 0.2) is 72.1 Å². The molecule has 20 heavy (non-hydrogen) atoms. The second-order valence-corrected chi connectivity index (χ2v) is 5.96. The molecule has 0 aliphatic rings. The van der Waals surface area contributed by atoms with Crippen LogP contribution in [-0.2, 0) is 23.9 Å². The van der Waals surface area contributed by atoms with Gasteiger partial charge in [0.05, 0.1) is 10.8 Å². The normalized spacial score (nSPS) is 12.0. The van der Waals surface area contributed by atoms with Crippen molar-refractivity contribution in [2.45, 2.75) is 18.0 Å². The maximum absolute atomic E-state index is 12.1. The number of nitrogens with one attached hydrogen (secondary N) is 1. The van der Waals surface area contributed by atoms with Gasteiger partial charge in [0, 0.05) is 23.7 Å². The first-order chi connectivity index (χ1) is 9.81. The van der Waals surface area contributed by atoms with Gasteiger partial charge in [-0.3, -0.25) is 4.21 Å². The van der Waals surface area contributed by atoms with Crippen LogP contribution in [0.1, 0.15) is 11.1 Å². The van der Waals surface area contributed by atoms with E-state index < -0.39 is 10.8 Å². The number of rotatable bonds is 7. The van der Waals surface area contributed by atoms with Crippen molar-refractivity contribution in [2.24, 2.45) is 0 Å². The predicted octanol–water partition coefficient (Wildman–Crippen LogP) is 3.27. The quantitative estimate of drug-likeness (QED) is 0.791. The Morgan fingerprint density at radius 1 is 1.00 bits per heavy atom. The van der Waals surface area contributed by atoms with Crippen LogP contribution < -0.4 is 5.32 Å². The van der Waals surface area contributed by atoms with Gasteiger partial charge in [0.2, 0.25) is 0 Å². The lowest BCUT2D eigenvalue weighted by Gasteiger charge is -2.09. The minimum atomic E-state index is -1.00. The highest BCUT2D eigenvalue weighted by molar-refractivity contribution is 7.85. The molecule has 0 saturated carbocycles. The van der Waals surface area contributed by atoms with E-state index in [2.05, 4.69) is 24.0 Å². The third-order valence-corrected chi connectivity index (χ3v) is 4.40. The number of hydrogen-bond acceptors (Lipinski definition) is 2. The molecule has 1 atom stereocenters. The van der Waals surface area contributed by atoms with E-state index in [1.54, 1.807) is 6.08 Å².